The van der Waals surface area contributed by atoms with Gasteiger partial charge in [0, 0.05) is 20.4 Å². The number of hydrogen-bond donors (Lipinski definition) is 0. The summed E-state index contributed by atoms with van der Waals surface area (Å²) in [6.45, 7) is 5.97. The summed E-state index contributed by atoms with van der Waals surface area (Å²) in [6, 6.07) is 0. The normalized spacial score (nSPS) is 10.6. The van der Waals surface area contributed by atoms with Gasteiger partial charge in [0.15, 0.2) is 5.27 Å². The Labute approximate surface area is 98.0 Å². The minimum absolute atomic E-state index is 0. The van der Waals surface area contributed by atoms with E-state index in [0.29, 0.717) is 5.88 Å². The van der Waals surface area contributed by atoms with Crippen molar-refractivity contribution in [2.45, 2.75) is 26.3 Å². The Morgan fingerprint density at radius 1 is 1.43 bits per heavy atom. The van der Waals surface area contributed by atoms with E-state index in [1.807, 2.05) is 34.9 Å². The van der Waals surface area contributed by atoms with Crippen LogP contribution in [0.2, 0.25) is 0 Å². The molecule has 81 valence electrons. The van der Waals surface area contributed by atoms with E-state index in [9.17, 15) is 0 Å². The van der Waals surface area contributed by atoms with Gasteiger partial charge in [0.1, 0.15) is 0 Å². The molecule has 1 aromatic rings. The van der Waals surface area contributed by atoms with E-state index in [2.05, 4.69) is 16.8 Å². The molecule has 0 aliphatic carbocycles. The summed E-state index contributed by atoms with van der Waals surface area (Å²) < 4.78 is 4.95. The minimum Gasteiger partial charge on any atom is -0.674 e. The third kappa shape index (κ3) is 4.07. The van der Waals surface area contributed by atoms with Gasteiger partial charge in [-0.3, -0.25) is 0 Å². The van der Waals surface area contributed by atoms with Crippen molar-refractivity contribution in [1.29, 1.82) is 0 Å². The van der Waals surface area contributed by atoms with E-state index >= 15 is 0 Å². The van der Waals surface area contributed by atoms with Crippen LogP contribution in [0.1, 0.15) is 20.8 Å². The van der Waals surface area contributed by atoms with E-state index in [4.69, 9.17) is 4.52 Å². The fourth-order valence-electron chi connectivity index (χ4n) is 0.727. The van der Waals surface area contributed by atoms with Crippen LogP contribution in [0.4, 0.5) is 5.88 Å². The molecule has 5 nitrogen and oxygen atoms in total. The van der Waals surface area contributed by atoms with Gasteiger partial charge < -0.3 is 9.84 Å². The Bertz CT molecular complexity index is 279. The van der Waals surface area contributed by atoms with Crippen LogP contribution >= 0.6 is 0 Å². The Kier molecular flexibility index (Phi) is 4.56. The average Bonchev–Trinajstić information content (AvgIpc) is 2.31. The fourth-order valence-corrected chi connectivity index (χ4v) is 0.727. The third-order valence-electron chi connectivity index (χ3n) is 1.22. The number of hydrogen-bond acceptors (Lipinski definition) is 3. The van der Waals surface area contributed by atoms with E-state index in [1.165, 1.54) is 4.79 Å². The second-order valence-corrected chi connectivity index (χ2v) is 4.01. The van der Waals surface area contributed by atoms with Gasteiger partial charge in [0.05, 0.1) is 14.1 Å². The molecule has 0 unspecified atom stereocenters. The summed E-state index contributed by atoms with van der Waals surface area (Å²) in [6.07, 6.45) is 2.87. The van der Waals surface area contributed by atoms with Crippen molar-refractivity contribution >= 4 is 5.88 Å². The van der Waals surface area contributed by atoms with Gasteiger partial charge in [-0.05, 0) is 0 Å². The molecular weight excluding hydrogens is 354 g/mol. The summed E-state index contributed by atoms with van der Waals surface area (Å²) >= 11 is 0. The first kappa shape index (κ1) is 13.4. The van der Waals surface area contributed by atoms with Gasteiger partial charge in [0.2, 0.25) is 0 Å². The molecule has 6 heteroatoms. The van der Waals surface area contributed by atoms with E-state index in [0.717, 1.165) is 0 Å². The van der Waals surface area contributed by atoms with E-state index < -0.39 is 0 Å². The Morgan fingerprint density at radius 2 is 2.00 bits per heavy atom. The molecule has 0 saturated heterocycles. The second-order valence-electron chi connectivity index (χ2n) is 4.01. The molecule has 14 heavy (non-hydrogen) atoms. The summed E-state index contributed by atoms with van der Waals surface area (Å²) in [4.78, 5) is 1.46. The monoisotopic (exact) mass is 370 g/mol. The van der Waals surface area contributed by atoms with Crippen molar-refractivity contribution in [1.82, 2.24) is 5.27 Å². The van der Waals surface area contributed by atoms with Gasteiger partial charge in [-0.2, -0.15) is 5.01 Å². The van der Waals surface area contributed by atoms with E-state index in [1.54, 1.807) is 5.01 Å². The Hall–Kier alpha value is -0.598. The first-order chi connectivity index (χ1) is 5.88. The molecule has 0 saturated carbocycles. The van der Waals surface area contributed by atoms with Crippen LogP contribution in [-0.2, 0) is 20.4 Å². The maximum absolute atomic E-state index is 4.95. The van der Waals surface area contributed by atoms with Gasteiger partial charge in [-0.1, -0.05) is 32.9 Å². The predicted octanol–water partition coefficient (Wildman–Crippen LogP) is 0.761. The zero-order valence-electron chi connectivity index (χ0n) is 9.08. The molecular formula is C8H15N4ORe-. The largest absolute Gasteiger partial charge is 0.674 e. The molecule has 1 aromatic heterocycles. The van der Waals surface area contributed by atoms with Crippen molar-refractivity contribution in [2.24, 2.45) is 0 Å². The number of rotatable bonds is 2. The molecule has 0 aromatic carbocycles. The maximum atomic E-state index is 4.95. The molecule has 0 aliphatic heterocycles. The maximum Gasteiger partial charge on any atom is 0.188 e. The second kappa shape index (κ2) is 4.76. The van der Waals surface area contributed by atoms with E-state index in [-0.39, 0.29) is 26.0 Å². The number of nitrogens with zero attached hydrogens (tertiary/aromatic N) is 4. The Balaban J connectivity index is 0.00000169. The first-order valence-electron chi connectivity index (χ1n) is 4.10. The molecule has 0 fully saturated rings. The van der Waals surface area contributed by atoms with Crippen LogP contribution in [0, 0.1) is 6.20 Å². The standard InChI is InChI=1S/C8H15N4O.Re/c1-8(2,3)9-7-6-12(10-13-7)11(4)5;/h1-5H3;/q-1;. The molecule has 0 bridgehead atoms. The molecule has 1 radical (unpaired) electrons. The van der Waals surface area contributed by atoms with Crippen molar-refractivity contribution in [2.75, 3.05) is 19.1 Å². The average molecular weight is 369 g/mol. The van der Waals surface area contributed by atoms with Crippen LogP contribution in [0.25, 0.3) is 5.32 Å². The molecule has 0 N–H and O–H groups in total. The Morgan fingerprint density at radius 3 is 2.36 bits per heavy atom. The molecule has 1 rings (SSSR count). The van der Waals surface area contributed by atoms with Gasteiger partial charge >= 0.3 is 0 Å². The SMILES string of the molecule is CN(C)[n+]1[c-]c([N-]C(C)(C)C)on1.[Re]. The van der Waals surface area contributed by atoms with Gasteiger partial charge in [-0.25, -0.2) is 0 Å². The smallest absolute Gasteiger partial charge is 0.188 e. The van der Waals surface area contributed by atoms with Crippen LogP contribution in [-0.4, -0.2) is 24.9 Å². The summed E-state index contributed by atoms with van der Waals surface area (Å²) in [5, 5.41) is 9.72. The summed E-state index contributed by atoms with van der Waals surface area (Å²) in [7, 11) is 3.69. The summed E-state index contributed by atoms with van der Waals surface area (Å²) in [5.41, 5.74) is -0.166. The van der Waals surface area contributed by atoms with Crippen LogP contribution in [0.3, 0.4) is 0 Å². The van der Waals surface area contributed by atoms with Crippen molar-refractivity contribution < 1.29 is 29.7 Å². The van der Waals surface area contributed by atoms with Crippen LogP contribution < -0.4 is 9.80 Å². The van der Waals surface area contributed by atoms with Crippen molar-refractivity contribution in [3.05, 3.63) is 11.5 Å². The third-order valence-corrected chi connectivity index (χ3v) is 1.22. The van der Waals surface area contributed by atoms with Crippen LogP contribution in [0.15, 0.2) is 4.52 Å². The topological polar surface area (TPSA) is 47.2 Å². The van der Waals surface area contributed by atoms with Crippen molar-refractivity contribution in [3.63, 3.8) is 0 Å². The first-order valence-corrected chi connectivity index (χ1v) is 4.10. The van der Waals surface area contributed by atoms with Crippen LogP contribution in [0.5, 0.6) is 0 Å². The quantitative estimate of drug-likeness (QED) is 0.571. The van der Waals surface area contributed by atoms with Gasteiger partial charge in [-0.15, -0.1) is 10.3 Å². The zero-order chi connectivity index (χ0) is 10.1. The molecule has 0 amide bonds. The predicted molar refractivity (Wildman–Crippen MR) is 48.4 cm³/mol. The molecule has 0 atom stereocenters. The zero-order valence-corrected chi connectivity index (χ0v) is 11.8. The fraction of sp³-hybridized carbons (Fsp3) is 0.750. The summed E-state index contributed by atoms with van der Waals surface area (Å²) in [5.74, 6) is 0.418. The molecule has 1 heterocycles. The van der Waals surface area contributed by atoms with Gasteiger partial charge in [0.25, 0.3) is 0 Å². The van der Waals surface area contributed by atoms with Crippen molar-refractivity contribution in [3.8, 4) is 0 Å². The molecule has 0 spiro atoms. The minimum atomic E-state index is -0.166. The molecule has 0 aliphatic rings. The number of aromatic nitrogens is 2.